The molecule has 7 heteroatoms. The van der Waals surface area contributed by atoms with Gasteiger partial charge >= 0.3 is 0 Å². The van der Waals surface area contributed by atoms with Crippen molar-refractivity contribution in [3.63, 3.8) is 0 Å². The number of imide groups is 1. The van der Waals surface area contributed by atoms with E-state index in [2.05, 4.69) is 20.1 Å². The molecule has 1 aromatic rings. The molecule has 2 saturated heterocycles. The lowest BCUT2D eigenvalue weighted by atomic mass is 9.92. The molecule has 3 heterocycles. The van der Waals surface area contributed by atoms with Crippen LogP contribution in [0.5, 0.6) is 0 Å². The van der Waals surface area contributed by atoms with Crippen molar-refractivity contribution in [1.29, 1.82) is 0 Å². The highest BCUT2D eigenvalue weighted by molar-refractivity contribution is 6.00. The third kappa shape index (κ3) is 3.79. The average molecular weight is 330 g/mol. The molecule has 0 aromatic carbocycles. The molecule has 1 atom stereocenters. The Bertz CT molecular complexity index is 636. The van der Waals surface area contributed by atoms with Crippen molar-refractivity contribution in [3.05, 3.63) is 23.9 Å². The van der Waals surface area contributed by atoms with E-state index in [0.29, 0.717) is 19.4 Å². The van der Waals surface area contributed by atoms with E-state index in [1.165, 1.54) is 0 Å². The summed E-state index contributed by atoms with van der Waals surface area (Å²) in [6.07, 6.45) is 2.64. The SMILES string of the molecule is CC(=O)CN1CCN(c2ccc(C3CCC(=O)NC3=O)cn2)CC1. The topological polar surface area (TPSA) is 82.6 Å². The molecule has 0 saturated carbocycles. The van der Waals surface area contributed by atoms with Gasteiger partial charge in [0.15, 0.2) is 0 Å². The summed E-state index contributed by atoms with van der Waals surface area (Å²) in [6.45, 7) is 5.47. The number of ketones is 1. The van der Waals surface area contributed by atoms with Crippen LogP contribution in [0.2, 0.25) is 0 Å². The number of carbonyl (C=O) groups excluding carboxylic acids is 3. The van der Waals surface area contributed by atoms with Gasteiger partial charge < -0.3 is 4.90 Å². The van der Waals surface area contributed by atoms with Gasteiger partial charge in [0.1, 0.15) is 11.6 Å². The van der Waals surface area contributed by atoms with Crippen molar-refractivity contribution < 1.29 is 14.4 Å². The van der Waals surface area contributed by atoms with Crippen molar-refractivity contribution in [1.82, 2.24) is 15.2 Å². The Morgan fingerprint density at radius 1 is 1.25 bits per heavy atom. The first kappa shape index (κ1) is 16.6. The van der Waals surface area contributed by atoms with Gasteiger partial charge in [-0.25, -0.2) is 4.98 Å². The van der Waals surface area contributed by atoms with Gasteiger partial charge in [0.2, 0.25) is 11.8 Å². The number of anilines is 1. The molecule has 24 heavy (non-hydrogen) atoms. The van der Waals surface area contributed by atoms with Gasteiger partial charge in [0, 0.05) is 38.8 Å². The van der Waals surface area contributed by atoms with Gasteiger partial charge in [-0.05, 0) is 25.0 Å². The first-order valence-electron chi connectivity index (χ1n) is 8.29. The molecule has 0 bridgehead atoms. The lowest BCUT2D eigenvalue weighted by Gasteiger charge is -2.35. The number of hydrogen-bond donors (Lipinski definition) is 1. The fourth-order valence-electron chi connectivity index (χ4n) is 3.25. The molecule has 2 aliphatic rings. The molecule has 0 radical (unpaired) electrons. The van der Waals surface area contributed by atoms with E-state index in [1.807, 2.05) is 12.1 Å². The summed E-state index contributed by atoms with van der Waals surface area (Å²) in [6, 6.07) is 3.85. The number of aromatic nitrogens is 1. The van der Waals surface area contributed by atoms with E-state index in [-0.39, 0.29) is 23.5 Å². The minimum Gasteiger partial charge on any atom is -0.354 e. The fourth-order valence-corrected chi connectivity index (χ4v) is 3.25. The number of hydrogen-bond acceptors (Lipinski definition) is 6. The summed E-state index contributed by atoms with van der Waals surface area (Å²) >= 11 is 0. The van der Waals surface area contributed by atoms with E-state index in [4.69, 9.17) is 0 Å². The molecule has 0 spiro atoms. The standard InChI is InChI=1S/C17H22N4O3/c1-12(22)11-20-6-8-21(9-7-20)15-4-2-13(10-18-15)14-3-5-16(23)19-17(14)24/h2,4,10,14H,3,5-9,11H2,1H3,(H,19,23,24). The van der Waals surface area contributed by atoms with E-state index in [0.717, 1.165) is 37.6 Å². The van der Waals surface area contributed by atoms with Crippen LogP contribution in [0.3, 0.4) is 0 Å². The van der Waals surface area contributed by atoms with Gasteiger partial charge in [-0.15, -0.1) is 0 Å². The highest BCUT2D eigenvalue weighted by Crippen LogP contribution is 2.25. The van der Waals surface area contributed by atoms with Crippen LogP contribution < -0.4 is 10.2 Å². The van der Waals surface area contributed by atoms with Crippen LogP contribution in [0, 0.1) is 0 Å². The third-order valence-corrected chi connectivity index (χ3v) is 4.55. The van der Waals surface area contributed by atoms with E-state index in [9.17, 15) is 14.4 Å². The lowest BCUT2D eigenvalue weighted by Crippen LogP contribution is -2.48. The molecular weight excluding hydrogens is 308 g/mol. The Labute approximate surface area is 141 Å². The summed E-state index contributed by atoms with van der Waals surface area (Å²) in [5.74, 6) is 0.336. The summed E-state index contributed by atoms with van der Waals surface area (Å²) < 4.78 is 0. The number of nitrogens with one attached hydrogen (secondary N) is 1. The molecule has 1 unspecified atom stereocenters. The Hall–Kier alpha value is -2.28. The second-order valence-corrected chi connectivity index (χ2v) is 6.42. The molecule has 1 N–H and O–H groups in total. The zero-order valence-corrected chi connectivity index (χ0v) is 13.8. The zero-order valence-electron chi connectivity index (χ0n) is 13.8. The van der Waals surface area contributed by atoms with Crippen LogP contribution in [0.4, 0.5) is 5.82 Å². The summed E-state index contributed by atoms with van der Waals surface area (Å²) in [4.78, 5) is 43.1. The smallest absolute Gasteiger partial charge is 0.234 e. The summed E-state index contributed by atoms with van der Waals surface area (Å²) in [5, 5.41) is 2.38. The third-order valence-electron chi connectivity index (χ3n) is 4.55. The number of amides is 2. The summed E-state index contributed by atoms with van der Waals surface area (Å²) in [5.41, 5.74) is 0.846. The van der Waals surface area contributed by atoms with Gasteiger partial charge in [-0.2, -0.15) is 0 Å². The number of carbonyl (C=O) groups is 3. The van der Waals surface area contributed by atoms with Crippen molar-refractivity contribution in [2.75, 3.05) is 37.6 Å². The van der Waals surface area contributed by atoms with Crippen LogP contribution in [0.15, 0.2) is 18.3 Å². The van der Waals surface area contributed by atoms with Crippen LogP contribution in [-0.2, 0) is 14.4 Å². The predicted octanol–water partition coefficient (Wildman–Crippen LogP) is 0.313. The van der Waals surface area contributed by atoms with Gasteiger partial charge in [0.25, 0.3) is 0 Å². The number of piperazine rings is 1. The number of pyridine rings is 1. The first-order chi connectivity index (χ1) is 11.5. The molecular formula is C17H22N4O3. The highest BCUT2D eigenvalue weighted by Gasteiger charge is 2.28. The maximum atomic E-state index is 11.9. The number of piperidine rings is 1. The minimum atomic E-state index is -0.295. The van der Waals surface area contributed by atoms with Crippen LogP contribution in [-0.4, -0.2) is 60.2 Å². The monoisotopic (exact) mass is 330 g/mol. The number of Topliss-reactive ketones (excluding diaryl/α,β-unsaturated/α-hetero) is 1. The zero-order chi connectivity index (χ0) is 17.1. The number of rotatable bonds is 4. The van der Waals surface area contributed by atoms with Crippen LogP contribution in [0.25, 0.3) is 0 Å². The van der Waals surface area contributed by atoms with Crippen LogP contribution in [0.1, 0.15) is 31.2 Å². The molecule has 7 nitrogen and oxygen atoms in total. The Morgan fingerprint density at radius 2 is 2.00 bits per heavy atom. The van der Waals surface area contributed by atoms with Crippen LogP contribution >= 0.6 is 0 Å². The molecule has 2 aliphatic heterocycles. The Kier molecular flexibility index (Phi) is 4.89. The lowest BCUT2D eigenvalue weighted by molar-refractivity contribution is -0.134. The van der Waals surface area contributed by atoms with Gasteiger partial charge in [0.05, 0.1) is 12.5 Å². The second-order valence-electron chi connectivity index (χ2n) is 6.42. The molecule has 0 aliphatic carbocycles. The van der Waals surface area contributed by atoms with E-state index < -0.39 is 0 Å². The van der Waals surface area contributed by atoms with E-state index in [1.54, 1.807) is 13.1 Å². The Balaban J connectivity index is 1.60. The average Bonchev–Trinajstić information content (AvgIpc) is 2.55. The molecule has 3 rings (SSSR count). The van der Waals surface area contributed by atoms with Crippen molar-refractivity contribution in [2.24, 2.45) is 0 Å². The molecule has 2 fully saturated rings. The van der Waals surface area contributed by atoms with Crippen molar-refractivity contribution in [2.45, 2.75) is 25.7 Å². The maximum absolute atomic E-state index is 11.9. The second kappa shape index (κ2) is 7.09. The number of nitrogens with zero attached hydrogens (tertiary/aromatic N) is 3. The molecule has 2 amide bonds. The highest BCUT2D eigenvalue weighted by atomic mass is 16.2. The largest absolute Gasteiger partial charge is 0.354 e. The van der Waals surface area contributed by atoms with Gasteiger partial charge in [-0.1, -0.05) is 6.07 Å². The predicted molar refractivity (Wildman–Crippen MR) is 88.7 cm³/mol. The summed E-state index contributed by atoms with van der Waals surface area (Å²) in [7, 11) is 0. The van der Waals surface area contributed by atoms with Crippen molar-refractivity contribution in [3.8, 4) is 0 Å². The fraction of sp³-hybridized carbons (Fsp3) is 0.529. The molecule has 1 aromatic heterocycles. The Morgan fingerprint density at radius 3 is 2.58 bits per heavy atom. The normalized spacial score (nSPS) is 22.4. The molecule has 128 valence electrons. The minimum absolute atomic E-state index is 0.190. The quantitative estimate of drug-likeness (QED) is 0.800. The van der Waals surface area contributed by atoms with Crippen molar-refractivity contribution >= 4 is 23.4 Å². The van der Waals surface area contributed by atoms with E-state index >= 15 is 0 Å². The van der Waals surface area contributed by atoms with Gasteiger partial charge in [-0.3, -0.25) is 24.6 Å². The first-order valence-corrected chi connectivity index (χ1v) is 8.29. The maximum Gasteiger partial charge on any atom is 0.234 e.